The lowest BCUT2D eigenvalue weighted by atomic mass is 10.2. The number of aromatic nitrogens is 1. The Balaban J connectivity index is 2.18. The van der Waals surface area contributed by atoms with E-state index in [4.69, 9.17) is 22.1 Å². The fourth-order valence-corrected chi connectivity index (χ4v) is 1.64. The average molecular weight is 278 g/mol. The third-order valence-electron chi connectivity index (χ3n) is 2.46. The van der Waals surface area contributed by atoms with Gasteiger partial charge in [-0.1, -0.05) is 17.7 Å². The second kappa shape index (κ2) is 5.58. The molecule has 3 N–H and O–H groups in total. The number of benzene rings is 1. The molecule has 2 rings (SSSR count). The number of nitrogens with zero attached hydrogens (tertiary/aromatic N) is 1. The number of ether oxygens (including phenoxy) is 1. The van der Waals surface area contributed by atoms with Crippen molar-refractivity contribution < 1.29 is 9.53 Å². The van der Waals surface area contributed by atoms with E-state index in [2.05, 4.69) is 10.3 Å². The van der Waals surface area contributed by atoms with Crippen LogP contribution in [0, 0.1) is 0 Å². The molecule has 19 heavy (non-hydrogen) atoms. The van der Waals surface area contributed by atoms with Gasteiger partial charge in [-0.25, -0.2) is 4.98 Å². The van der Waals surface area contributed by atoms with Crippen LogP contribution in [0.3, 0.4) is 0 Å². The van der Waals surface area contributed by atoms with E-state index in [9.17, 15) is 4.79 Å². The summed E-state index contributed by atoms with van der Waals surface area (Å²) < 4.78 is 5.08. The molecule has 0 radical (unpaired) electrons. The van der Waals surface area contributed by atoms with E-state index in [1.54, 1.807) is 31.4 Å². The first kappa shape index (κ1) is 13.2. The van der Waals surface area contributed by atoms with Gasteiger partial charge in [-0.15, -0.1) is 0 Å². The van der Waals surface area contributed by atoms with E-state index in [0.29, 0.717) is 17.0 Å². The molecule has 2 aromatic rings. The number of nitrogen functional groups attached to an aromatic ring is 1. The maximum atomic E-state index is 12.0. The highest BCUT2D eigenvalue weighted by atomic mass is 35.5. The van der Waals surface area contributed by atoms with Crippen molar-refractivity contribution in [2.45, 2.75) is 0 Å². The van der Waals surface area contributed by atoms with Gasteiger partial charge in [-0.3, -0.25) is 4.79 Å². The van der Waals surface area contributed by atoms with Crippen LogP contribution in [-0.4, -0.2) is 18.0 Å². The van der Waals surface area contributed by atoms with Crippen molar-refractivity contribution in [3.05, 3.63) is 47.1 Å². The van der Waals surface area contributed by atoms with Crippen molar-refractivity contribution in [2.75, 3.05) is 18.2 Å². The largest absolute Gasteiger partial charge is 0.497 e. The van der Waals surface area contributed by atoms with Crippen LogP contribution >= 0.6 is 11.6 Å². The lowest BCUT2D eigenvalue weighted by molar-refractivity contribution is 0.102. The van der Waals surface area contributed by atoms with Gasteiger partial charge in [0.25, 0.3) is 5.91 Å². The summed E-state index contributed by atoms with van der Waals surface area (Å²) in [4.78, 5) is 15.8. The number of carbonyl (C=O) groups is 1. The summed E-state index contributed by atoms with van der Waals surface area (Å²) in [6.07, 6.45) is 1.37. The second-order valence-corrected chi connectivity index (χ2v) is 4.18. The number of amides is 1. The van der Waals surface area contributed by atoms with Gasteiger partial charge in [-0.2, -0.15) is 0 Å². The van der Waals surface area contributed by atoms with Crippen LogP contribution < -0.4 is 15.8 Å². The minimum Gasteiger partial charge on any atom is -0.497 e. The normalized spacial score (nSPS) is 10.0. The van der Waals surface area contributed by atoms with Gasteiger partial charge in [0, 0.05) is 18.0 Å². The van der Waals surface area contributed by atoms with Gasteiger partial charge in [0.05, 0.1) is 17.7 Å². The summed E-state index contributed by atoms with van der Waals surface area (Å²) in [5.74, 6) is 0.536. The fourth-order valence-electron chi connectivity index (χ4n) is 1.48. The number of carbonyl (C=O) groups excluding carboxylic acids is 1. The zero-order valence-electron chi connectivity index (χ0n) is 10.2. The highest BCUT2D eigenvalue weighted by molar-refractivity contribution is 6.33. The van der Waals surface area contributed by atoms with Crippen LogP contribution in [0.1, 0.15) is 10.4 Å². The predicted octanol–water partition coefficient (Wildman–Crippen LogP) is 2.58. The highest BCUT2D eigenvalue weighted by Gasteiger charge is 2.09. The summed E-state index contributed by atoms with van der Waals surface area (Å²) >= 11 is 5.82. The number of rotatable bonds is 3. The molecular weight excluding hydrogens is 266 g/mol. The Morgan fingerprint density at radius 2 is 2.21 bits per heavy atom. The molecule has 98 valence electrons. The van der Waals surface area contributed by atoms with Crippen LogP contribution in [0.5, 0.6) is 5.75 Å². The number of hydrogen-bond acceptors (Lipinski definition) is 4. The molecule has 5 nitrogen and oxygen atoms in total. The Bertz CT molecular complexity index is 617. The molecule has 0 spiro atoms. The Morgan fingerprint density at radius 1 is 1.42 bits per heavy atom. The minimum atomic E-state index is -0.317. The molecule has 1 heterocycles. The minimum absolute atomic E-state index is 0.194. The third kappa shape index (κ3) is 3.14. The van der Waals surface area contributed by atoms with Gasteiger partial charge >= 0.3 is 0 Å². The number of pyridine rings is 1. The molecule has 0 aliphatic rings. The second-order valence-electron chi connectivity index (χ2n) is 3.78. The van der Waals surface area contributed by atoms with Crippen LogP contribution in [-0.2, 0) is 0 Å². The average Bonchev–Trinajstić information content (AvgIpc) is 2.42. The number of nitrogens with one attached hydrogen (secondary N) is 1. The van der Waals surface area contributed by atoms with Gasteiger partial charge < -0.3 is 15.8 Å². The molecule has 1 amide bonds. The monoisotopic (exact) mass is 277 g/mol. The first-order valence-electron chi connectivity index (χ1n) is 5.46. The predicted molar refractivity (Wildman–Crippen MR) is 74.6 cm³/mol. The quantitative estimate of drug-likeness (QED) is 0.904. The van der Waals surface area contributed by atoms with Crippen LogP contribution in [0.25, 0.3) is 0 Å². The summed E-state index contributed by atoms with van der Waals surface area (Å²) in [6.45, 7) is 0. The van der Waals surface area contributed by atoms with Crippen molar-refractivity contribution >= 4 is 29.0 Å². The van der Waals surface area contributed by atoms with Crippen LogP contribution in [0.15, 0.2) is 36.5 Å². The number of hydrogen-bond donors (Lipinski definition) is 2. The molecule has 0 aliphatic carbocycles. The van der Waals surface area contributed by atoms with E-state index in [0.717, 1.165) is 0 Å². The molecule has 0 unspecified atom stereocenters. The Morgan fingerprint density at radius 3 is 2.89 bits per heavy atom. The summed E-state index contributed by atoms with van der Waals surface area (Å²) in [5, 5.41) is 2.97. The van der Waals surface area contributed by atoms with Crippen molar-refractivity contribution in [3.8, 4) is 5.75 Å². The Kier molecular flexibility index (Phi) is 3.87. The Hall–Kier alpha value is -2.27. The molecule has 1 aromatic carbocycles. The summed E-state index contributed by atoms with van der Waals surface area (Å²) in [5.41, 5.74) is 6.45. The summed E-state index contributed by atoms with van der Waals surface area (Å²) in [7, 11) is 1.56. The molecule has 0 aliphatic heterocycles. The topological polar surface area (TPSA) is 77.2 Å². The smallest absolute Gasteiger partial charge is 0.257 e. The zero-order valence-corrected chi connectivity index (χ0v) is 10.9. The SMILES string of the molecule is COc1cccc(NC(=O)c2cnc(N)c(Cl)c2)c1. The van der Waals surface area contributed by atoms with Crippen molar-refractivity contribution in [3.63, 3.8) is 0 Å². The van der Waals surface area contributed by atoms with E-state index in [1.807, 2.05) is 0 Å². The standard InChI is InChI=1S/C13H12ClN3O2/c1-19-10-4-2-3-9(6-10)17-13(18)8-5-11(14)12(15)16-7-8/h2-7H,1H3,(H2,15,16)(H,17,18). The molecule has 6 heteroatoms. The van der Waals surface area contributed by atoms with Gasteiger partial charge in [-0.05, 0) is 18.2 Å². The van der Waals surface area contributed by atoms with Crippen molar-refractivity contribution in [2.24, 2.45) is 0 Å². The number of anilines is 2. The van der Waals surface area contributed by atoms with Crippen molar-refractivity contribution in [1.29, 1.82) is 0 Å². The highest BCUT2D eigenvalue weighted by Crippen LogP contribution is 2.20. The molecule has 0 saturated heterocycles. The lowest BCUT2D eigenvalue weighted by Gasteiger charge is -2.07. The number of methoxy groups -OCH3 is 1. The van der Waals surface area contributed by atoms with Gasteiger partial charge in [0.2, 0.25) is 0 Å². The molecule has 0 bridgehead atoms. The first-order chi connectivity index (χ1) is 9.10. The van der Waals surface area contributed by atoms with E-state index in [1.165, 1.54) is 12.3 Å². The van der Waals surface area contributed by atoms with Gasteiger partial charge in [0.15, 0.2) is 0 Å². The molecule has 0 saturated carbocycles. The van der Waals surface area contributed by atoms with Crippen molar-refractivity contribution in [1.82, 2.24) is 4.98 Å². The van der Waals surface area contributed by atoms with Gasteiger partial charge in [0.1, 0.15) is 11.6 Å². The molecular formula is C13H12ClN3O2. The summed E-state index contributed by atoms with van der Waals surface area (Å²) in [6, 6.07) is 8.51. The zero-order chi connectivity index (χ0) is 13.8. The van der Waals surface area contributed by atoms with Crippen LogP contribution in [0.4, 0.5) is 11.5 Å². The third-order valence-corrected chi connectivity index (χ3v) is 2.76. The fraction of sp³-hybridized carbons (Fsp3) is 0.0769. The molecule has 1 aromatic heterocycles. The Labute approximate surface area is 115 Å². The molecule has 0 fully saturated rings. The maximum absolute atomic E-state index is 12.0. The maximum Gasteiger partial charge on any atom is 0.257 e. The lowest BCUT2D eigenvalue weighted by Crippen LogP contribution is -2.12. The molecule has 0 atom stereocenters. The van der Waals surface area contributed by atoms with Crippen LogP contribution in [0.2, 0.25) is 5.02 Å². The number of halogens is 1. The van der Waals surface area contributed by atoms with E-state index >= 15 is 0 Å². The number of nitrogens with two attached hydrogens (primary N) is 1. The van der Waals surface area contributed by atoms with E-state index < -0.39 is 0 Å². The first-order valence-corrected chi connectivity index (χ1v) is 5.84. The van der Waals surface area contributed by atoms with E-state index in [-0.39, 0.29) is 16.7 Å².